The Kier molecular flexibility index (Phi) is 4.87. The Morgan fingerprint density at radius 2 is 2.04 bits per heavy atom. The van der Waals surface area contributed by atoms with Crippen molar-refractivity contribution >= 4 is 28.2 Å². The number of esters is 1. The Balaban J connectivity index is 1.62. The summed E-state index contributed by atoms with van der Waals surface area (Å²) in [5.74, 6) is -1.04. The zero-order chi connectivity index (χ0) is 16.9. The number of rotatable bonds is 4. The van der Waals surface area contributed by atoms with Crippen LogP contribution < -0.4 is 5.32 Å². The highest BCUT2D eigenvalue weighted by Crippen LogP contribution is 2.37. The van der Waals surface area contributed by atoms with E-state index in [9.17, 15) is 14.9 Å². The lowest BCUT2D eigenvalue weighted by Gasteiger charge is -2.09. The molecule has 2 aromatic rings. The van der Waals surface area contributed by atoms with Crippen molar-refractivity contribution in [1.29, 1.82) is 5.26 Å². The van der Waals surface area contributed by atoms with E-state index in [0.717, 1.165) is 31.2 Å². The van der Waals surface area contributed by atoms with Gasteiger partial charge in [-0.3, -0.25) is 9.78 Å². The molecule has 0 spiro atoms. The van der Waals surface area contributed by atoms with Gasteiger partial charge in [0.15, 0.2) is 6.61 Å². The van der Waals surface area contributed by atoms with Gasteiger partial charge in [0.25, 0.3) is 5.91 Å². The first kappa shape index (κ1) is 16.1. The molecule has 2 aromatic heterocycles. The summed E-state index contributed by atoms with van der Waals surface area (Å²) >= 11 is 1.44. The van der Waals surface area contributed by atoms with E-state index >= 15 is 0 Å². The molecule has 0 aliphatic heterocycles. The average Bonchev–Trinajstić information content (AvgIpc) is 2.97. The normalized spacial score (nSPS) is 12.8. The standard InChI is InChI=1S/C17H15N3O3S/c18-9-13-12-3-1-2-4-14(12)24-16(13)20-15(21)10-23-17(22)11-5-7-19-8-6-11/h5-8H,1-4,10H2,(H,20,21). The lowest BCUT2D eigenvalue weighted by atomic mass is 9.96. The van der Waals surface area contributed by atoms with Crippen molar-refractivity contribution in [2.75, 3.05) is 11.9 Å². The van der Waals surface area contributed by atoms with Crippen molar-refractivity contribution in [3.8, 4) is 6.07 Å². The number of amides is 1. The Morgan fingerprint density at radius 1 is 1.29 bits per heavy atom. The number of aromatic nitrogens is 1. The molecule has 0 unspecified atom stereocenters. The first-order chi connectivity index (χ1) is 11.7. The van der Waals surface area contributed by atoms with Gasteiger partial charge < -0.3 is 10.1 Å². The molecule has 122 valence electrons. The van der Waals surface area contributed by atoms with Crippen molar-refractivity contribution in [3.05, 3.63) is 46.1 Å². The highest BCUT2D eigenvalue weighted by molar-refractivity contribution is 7.16. The minimum absolute atomic E-state index is 0.335. The molecule has 0 fully saturated rings. The number of nitriles is 1. The molecule has 1 aliphatic carbocycles. The number of hydrogen-bond donors (Lipinski definition) is 1. The molecule has 1 amide bonds. The van der Waals surface area contributed by atoms with Crippen molar-refractivity contribution in [2.24, 2.45) is 0 Å². The van der Waals surface area contributed by atoms with E-state index in [1.54, 1.807) is 0 Å². The maximum Gasteiger partial charge on any atom is 0.338 e. The summed E-state index contributed by atoms with van der Waals surface area (Å²) in [7, 11) is 0. The van der Waals surface area contributed by atoms with Crippen molar-refractivity contribution < 1.29 is 14.3 Å². The summed E-state index contributed by atoms with van der Waals surface area (Å²) in [6.45, 7) is -0.394. The molecule has 7 heteroatoms. The van der Waals surface area contributed by atoms with Crippen LogP contribution in [0.2, 0.25) is 0 Å². The van der Waals surface area contributed by atoms with Crippen LogP contribution in [0.15, 0.2) is 24.5 Å². The highest BCUT2D eigenvalue weighted by atomic mass is 32.1. The first-order valence-electron chi connectivity index (χ1n) is 7.60. The summed E-state index contributed by atoms with van der Waals surface area (Å²) in [5.41, 5.74) is 1.93. The molecule has 0 aromatic carbocycles. The van der Waals surface area contributed by atoms with Crippen LogP contribution in [0.3, 0.4) is 0 Å². The maximum absolute atomic E-state index is 12.0. The van der Waals surface area contributed by atoms with Crippen LogP contribution in [0, 0.1) is 11.3 Å². The Morgan fingerprint density at radius 3 is 2.79 bits per heavy atom. The summed E-state index contributed by atoms with van der Waals surface area (Å²) in [6.07, 6.45) is 6.95. The van der Waals surface area contributed by atoms with Crippen LogP contribution >= 0.6 is 11.3 Å². The molecule has 24 heavy (non-hydrogen) atoms. The van der Waals surface area contributed by atoms with Gasteiger partial charge >= 0.3 is 5.97 Å². The topological polar surface area (TPSA) is 92.1 Å². The van der Waals surface area contributed by atoms with E-state index < -0.39 is 18.5 Å². The van der Waals surface area contributed by atoms with Crippen molar-refractivity contribution in [3.63, 3.8) is 0 Å². The van der Waals surface area contributed by atoms with E-state index in [0.29, 0.717) is 16.1 Å². The van der Waals surface area contributed by atoms with E-state index in [-0.39, 0.29) is 0 Å². The van der Waals surface area contributed by atoms with Crippen LogP contribution in [0.5, 0.6) is 0 Å². The number of thiophene rings is 1. The first-order valence-corrected chi connectivity index (χ1v) is 8.42. The summed E-state index contributed by atoms with van der Waals surface area (Å²) in [4.78, 5) is 28.8. The summed E-state index contributed by atoms with van der Waals surface area (Å²) < 4.78 is 4.98. The SMILES string of the molecule is N#Cc1c(NC(=O)COC(=O)c2ccncc2)sc2c1CCCC2. The largest absolute Gasteiger partial charge is 0.452 e. The Bertz CT molecular complexity index is 808. The fraction of sp³-hybridized carbons (Fsp3) is 0.294. The second kappa shape index (κ2) is 7.23. The second-order valence-electron chi connectivity index (χ2n) is 5.39. The van der Waals surface area contributed by atoms with Crippen LogP contribution in [0.25, 0.3) is 0 Å². The number of nitrogens with one attached hydrogen (secondary N) is 1. The van der Waals surface area contributed by atoms with E-state index in [2.05, 4.69) is 16.4 Å². The van der Waals surface area contributed by atoms with Crippen LogP contribution in [-0.2, 0) is 22.4 Å². The number of pyridine rings is 1. The van der Waals surface area contributed by atoms with E-state index in [1.807, 2.05) is 0 Å². The third kappa shape index (κ3) is 3.44. The van der Waals surface area contributed by atoms with Crippen LogP contribution in [0.1, 0.15) is 39.2 Å². The van der Waals surface area contributed by atoms with E-state index in [1.165, 1.54) is 40.7 Å². The van der Waals surface area contributed by atoms with Crippen molar-refractivity contribution in [1.82, 2.24) is 4.98 Å². The van der Waals surface area contributed by atoms with Gasteiger partial charge in [-0.15, -0.1) is 11.3 Å². The van der Waals surface area contributed by atoms with Crippen molar-refractivity contribution in [2.45, 2.75) is 25.7 Å². The molecule has 2 heterocycles. The Labute approximate surface area is 143 Å². The molecule has 0 saturated heterocycles. The number of ether oxygens (including phenoxy) is 1. The zero-order valence-electron chi connectivity index (χ0n) is 12.9. The number of fused-ring (bicyclic) bond motifs is 1. The fourth-order valence-corrected chi connectivity index (χ4v) is 3.89. The molecular formula is C17H15N3O3S. The van der Waals surface area contributed by atoms with Gasteiger partial charge in [-0.25, -0.2) is 4.79 Å². The third-order valence-corrected chi connectivity index (χ3v) is 4.99. The minimum atomic E-state index is -0.585. The molecule has 1 N–H and O–H groups in total. The number of nitrogens with zero attached hydrogens (tertiary/aromatic N) is 2. The minimum Gasteiger partial charge on any atom is -0.452 e. The number of carbonyl (C=O) groups is 2. The molecule has 0 bridgehead atoms. The monoisotopic (exact) mass is 341 g/mol. The van der Waals surface area contributed by atoms with Gasteiger partial charge in [-0.1, -0.05) is 0 Å². The molecule has 6 nitrogen and oxygen atoms in total. The average molecular weight is 341 g/mol. The predicted octanol–water partition coefficient (Wildman–Crippen LogP) is 2.69. The van der Waals surface area contributed by atoms with Gasteiger partial charge in [0, 0.05) is 17.3 Å². The number of carbonyl (C=O) groups excluding carboxylic acids is 2. The van der Waals surface area contributed by atoms with Crippen LogP contribution in [-0.4, -0.2) is 23.5 Å². The van der Waals surface area contributed by atoms with Crippen LogP contribution in [0.4, 0.5) is 5.00 Å². The van der Waals surface area contributed by atoms with E-state index in [4.69, 9.17) is 4.74 Å². The predicted molar refractivity (Wildman–Crippen MR) is 88.8 cm³/mol. The smallest absolute Gasteiger partial charge is 0.338 e. The molecule has 3 rings (SSSR count). The van der Waals surface area contributed by atoms with Gasteiger partial charge in [0.2, 0.25) is 0 Å². The molecule has 0 atom stereocenters. The zero-order valence-corrected chi connectivity index (χ0v) is 13.7. The second-order valence-corrected chi connectivity index (χ2v) is 6.49. The molecule has 1 aliphatic rings. The maximum atomic E-state index is 12.0. The Hall–Kier alpha value is -2.72. The quantitative estimate of drug-likeness (QED) is 0.863. The molecular weight excluding hydrogens is 326 g/mol. The van der Waals surface area contributed by atoms with Gasteiger partial charge in [-0.05, 0) is 43.4 Å². The molecule has 0 saturated carbocycles. The van der Waals surface area contributed by atoms with Gasteiger partial charge in [-0.2, -0.15) is 5.26 Å². The number of aryl methyl sites for hydroxylation is 1. The summed E-state index contributed by atoms with van der Waals surface area (Å²) in [5, 5.41) is 12.6. The fourth-order valence-electron chi connectivity index (χ4n) is 2.64. The summed E-state index contributed by atoms with van der Waals surface area (Å²) in [6, 6.07) is 5.21. The van der Waals surface area contributed by atoms with Gasteiger partial charge in [0.05, 0.1) is 11.1 Å². The lowest BCUT2D eigenvalue weighted by molar-refractivity contribution is -0.119. The molecule has 0 radical (unpaired) electrons. The third-order valence-electron chi connectivity index (χ3n) is 3.79. The van der Waals surface area contributed by atoms with Gasteiger partial charge in [0.1, 0.15) is 11.1 Å². The number of hydrogen-bond acceptors (Lipinski definition) is 6. The highest BCUT2D eigenvalue weighted by Gasteiger charge is 2.22. The number of anilines is 1. The lowest BCUT2D eigenvalue weighted by Crippen LogP contribution is -2.20.